The lowest BCUT2D eigenvalue weighted by Crippen LogP contribution is -2.61. The lowest BCUT2D eigenvalue weighted by Gasteiger charge is -2.44. The van der Waals surface area contributed by atoms with E-state index in [-0.39, 0.29) is 12.2 Å². The summed E-state index contributed by atoms with van der Waals surface area (Å²) < 4.78 is 16.8. The number of ether oxygens (including phenoxy) is 3. The van der Waals surface area contributed by atoms with E-state index in [9.17, 15) is 0 Å². The molecule has 1 aromatic rings. The van der Waals surface area contributed by atoms with Gasteiger partial charge in [-0.1, -0.05) is 30.1 Å². The van der Waals surface area contributed by atoms with Gasteiger partial charge in [-0.15, -0.1) is 0 Å². The number of likely N-dealkylation sites (N-methyl/N-ethyl adjacent to an activating group) is 1. The predicted octanol–water partition coefficient (Wildman–Crippen LogP) is 3.15. The topological polar surface area (TPSA) is 39.7 Å². The molecule has 0 spiro atoms. The molecule has 1 N–H and O–H groups in total. The van der Waals surface area contributed by atoms with Crippen molar-refractivity contribution < 1.29 is 14.2 Å². The van der Waals surface area contributed by atoms with Crippen molar-refractivity contribution in [3.05, 3.63) is 28.2 Å². The van der Waals surface area contributed by atoms with Crippen molar-refractivity contribution >= 4 is 23.2 Å². The van der Waals surface area contributed by atoms with Gasteiger partial charge >= 0.3 is 0 Å². The van der Waals surface area contributed by atoms with E-state index in [2.05, 4.69) is 12.2 Å². The van der Waals surface area contributed by atoms with E-state index in [0.717, 1.165) is 13.0 Å². The maximum Gasteiger partial charge on any atom is 0.139 e. The monoisotopic (exact) mass is 333 g/mol. The van der Waals surface area contributed by atoms with Gasteiger partial charge in [-0.05, 0) is 18.7 Å². The summed E-state index contributed by atoms with van der Waals surface area (Å²) in [6.07, 6.45) is 0.853. The molecule has 1 saturated carbocycles. The molecule has 1 fully saturated rings. The van der Waals surface area contributed by atoms with Gasteiger partial charge in [0.05, 0.1) is 18.2 Å². The molecule has 1 aromatic carbocycles. The molecule has 0 aromatic heterocycles. The van der Waals surface area contributed by atoms with Gasteiger partial charge in [0.15, 0.2) is 0 Å². The molecule has 0 aliphatic heterocycles. The van der Waals surface area contributed by atoms with E-state index >= 15 is 0 Å². The molecule has 0 bridgehead atoms. The molecule has 2 rings (SSSR count). The molecule has 0 saturated heterocycles. The molecule has 0 radical (unpaired) electrons. The van der Waals surface area contributed by atoms with E-state index in [0.29, 0.717) is 35.1 Å². The highest BCUT2D eigenvalue weighted by molar-refractivity contribution is 6.34. The zero-order valence-electron chi connectivity index (χ0n) is 12.3. The summed E-state index contributed by atoms with van der Waals surface area (Å²) in [5, 5.41) is 4.56. The van der Waals surface area contributed by atoms with Crippen LogP contribution in [0.4, 0.5) is 0 Å². The van der Waals surface area contributed by atoms with Crippen molar-refractivity contribution in [2.45, 2.75) is 31.6 Å². The summed E-state index contributed by atoms with van der Waals surface area (Å²) in [5.41, 5.74) is 0. The van der Waals surface area contributed by atoms with Crippen LogP contribution in [0.15, 0.2) is 18.2 Å². The Balaban J connectivity index is 1.96. The summed E-state index contributed by atoms with van der Waals surface area (Å²) in [6, 6.07) is 5.51. The first-order valence-corrected chi connectivity index (χ1v) is 7.87. The third kappa shape index (κ3) is 4.47. The second kappa shape index (κ2) is 8.20. The molecule has 21 heavy (non-hydrogen) atoms. The van der Waals surface area contributed by atoms with Gasteiger partial charge in [-0.3, -0.25) is 0 Å². The van der Waals surface area contributed by atoms with Crippen LogP contribution in [0.5, 0.6) is 5.75 Å². The minimum Gasteiger partial charge on any atom is -0.486 e. The predicted molar refractivity (Wildman–Crippen MR) is 84.6 cm³/mol. The lowest BCUT2D eigenvalue weighted by molar-refractivity contribution is -0.115. The summed E-state index contributed by atoms with van der Waals surface area (Å²) in [4.78, 5) is 0. The fourth-order valence-corrected chi connectivity index (χ4v) is 2.70. The Bertz CT molecular complexity index is 459. The van der Waals surface area contributed by atoms with Gasteiger partial charge in [0.1, 0.15) is 18.0 Å². The molecule has 4 nitrogen and oxygen atoms in total. The first-order chi connectivity index (χ1) is 10.2. The summed E-state index contributed by atoms with van der Waals surface area (Å²) in [7, 11) is 1.66. The second-order valence-corrected chi connectivity index (χ2v) is 5.80. The molecular formula is C15H21Cl2NO3. The lowest BCUT2D eigenvalue weighted by atomic mass is 9.85. The van der Waals surface area contributed by atoms with E-state index in [1.807, 2.05) is 0 Å². The molecule has 3 unspecified atom stereocenters. The van der Waals surface area contributed by atoms with Crippen LogP contribution < -0.4 is 10.1 Å². The average molecular weight is 334 g/mol. The van der Waals surface area contributed by atoms with Gasteiger partial charge in [-0.25, -0.2) is 0 Å². The minimum atomic E-state index is -0.0260. The van der Waals surface area contributed by atoms with E-state index in [1.165, 1.54) is 0 Å². The van der Waals surface area contributed by atoms with E-state index in [1.54, 1.807) is 25.3 Å². The summed E-state index contributed by atoms with van der Waals surface area (Å²) in [6.45, 7) is 4.10. The number of halogens is 2. The van der Waals surface area contributed by atoms with E-state index in [4.69, 9.17) is 37.4 Å². The van der Waals surface area contributed by atoms with Crippen LogP contribution in [0, 0.1) is 0 Å². The number of benzene rings is 1. The first kappa shape index (κ1) is 16.8. The third-order valence-electron chi connectivity index (χ3n) is 3.48. The normalized spacial score (nSPS) is 24.7. The highest BCUT2D eigenvalue weighted by Crippen LogP contribution is 2.34. The van der Waals surface area contributed by atoms with Gasteiger partial charge in [0.2, 0.25) is 0 Å². The van der Waals surface area contributed by atoms with Gasteiger partial charge in [-0.2, -0.15) is 0 Å². The number of hydrogen-bond acceptors (Lipinski definition) is 4. The Morgan fingerprint density at radius 3 is 2.81 bits per heavy atom. The van der Waals surface area contributed by atoms with Crippen LogP contribution in [-0.4, -0.2) is 45.1 Å². The van der Waals surface area contributed by atoms with Crippen LogP contribution in [0.1, 0.15) is 13.3 Å². The van der Waals surface area contributed by atoms with Crippen LogP contribution in [0.3, 0.4) is 0 Å². The molecule has 3 atom stereocenters. The van der Waals surface area contributed by atoms with Gasteiger partial charge in [0, 0.05) is 30.7 Å². The second-order valence-electron chi connectivity index (χ2n) is 4.96. The minimum absolute atomic E-state index is 0.00449. The molecule has 1 aliphatic rings. The Kier molecular flexibility index (Phi) is 6.58. The van der Waals surface area contributed by atoms with Crippen molar-refractivity contribution in [2.75, 3.05) is 26.9 Å². The Morgan fingerprint density at radius 2 is 2.10 bits per heavy atom. The molecule has 0 amide bonds. The van der Waals surface area contributed by atoms with Crippen molar-refractivity contribution in [2.24, 2.45) is 0 Å². The van der Waals surface area contributed by atoms with Crippen molar-refractivity contribution in [3.63, 3.8) is 0 Å². The number of nitrogens with one attached hydrogen (secondary N) is 1. The maximum atomic E-state index is 6.13. The molecule has 1 aliphatic carbocycles. The first-order valence-electron chi connectivity index (χ1n) is 7.11. The number of rotatable bonds is 8. The molecule has 0 heterocycles. The fraction of sp³-hybridized carbons (Fsp3) is 0.600. The van der Waals surface area contributed by atoms with Crippen LogP contribution >= 0.6 is 23.2 Å². The van der Waals surface area contributed by atoms with Crippen molar-refractivity contribution in [1.82, 2.24) is 5.32 Å². The van der Waals surface area contributed by atoms with E-state index < -0.39 is 0 Å². The third-order valence-corrected chi connectivity index (χ3v) is 4.03. The molecule has 118 valence electrons. The average Bonchev–Trinajstić information content (AvgIpc) is 2.46. The maximum absolute atomic E-state index is 6.13. The van der Waals surface area contributed by atoms with Gasteiger partial charge in [0.25, 0.3) is 0 Å². The van der Waals surface area contributed by atoms with Crippen LogP contribution in [-0.2, 0) is 9.47 Å². The standard InChI is InChI=1S/C15H21Cl2NO3/c1-3-18-12-9-14(15(12)20-7-6-19-2)21-13-8-10(16)4-5-11(13)17/h4-5,8,12,14-15,18H,3,6-7,9H2,1-2H3. The zero-order chi connectivity index (χ0) is 15.2. The van der Waals surface area contributed by atoms with Gasteiger partial charge < -0.3 is 19.5 Å². The fourth-order valence-electron chi connectivity index (χ4n) is 2.38. The Morgan fingerprint density at radius 1 is 1.29 bits per heavy atom. The van der Waals surface area contributed by atoms with Crippen LogP contribution in [0.25, 0.3) is 0 Å². The van der Waals surface area contributed by atoms with Crippen LogP contribution in [0.2, 0.25) is 10.0 Å². The summed E-state index contributed by atoms with van der Waals surface area (Å²) in [5.74, 6) is 0.601. The zero-order valence-corrected chi connectivity index (χ0v) is 13.8. The number of methoxy groups -OCH3 is 1. The molecular weight excluding hydrogens is 313 g/mol. The Labute approximate surface area is 135 Å². The molecule has 6 heteroatoms. The number of hydrogen-bond donors (Lipinski definition) is 1. The summed E-state index contributed by atoms with van der Waals surface area (Å²) >= 11 is 12.1. The van der Waals surface area contributed by atoms with Crippen molar-refractivity contribution in [1.29, 1.82) is 0 Å². The Hall–Kier alpha value is -0.520. The van der Waals surface area contributed by atoms with Crippen molar-refractivity contribution in [3.8, 4) is 5.75 Å². The quantitative estimate of drug-likeness (QED) is 0.742. The highest BCUT2D eigenvalue weighted by Gasteiger charge is 2.43. The largest absolute Gasteiger partial charge is 0.486 e. The smallest absolute Gasteiger partial charge is 0.139 e. The SMILES string of the molecule is CCNC1CC(Oc2cc(Cl)ccc2Cl)C1OCCOC. The highest BCUT2D eigenvalue weighted by atomic mass is 35.5.